The Bertz CT molecular complexity index is 549. The van der Waals surface area contributed by atoms with Crippen molar-refractivity contribution in [2.45, 2.75) is 91.9 Å². The third kappa shape index (κ3) is 4.81. The van der Waals surface area contributed by atoms with Crippen molar-refractivity contribution in [2.24, 2.45) is 0 Å². The Balaban J connectivity index is 2.42. The number of rotatable bonds is 11. The topological polar surface area (TPSA) is 30.2 Å². The van der Waals surface area contributed by atoms with Crippen LogP contribution in [0.15, 0.2) is 32.0 Å². The van der Waals surface area contributed by atoms with Gasteiger partial charge in [0, 0.05) is 0 Å². The molecule has 0 saturated carbocycles. The van der Waals surface area contributed by atoms with Gasteiger partial charge in [-0.05, 0) is 0 Å². The molecule has 1 aliphatic rings. The summed E-state index contributed by atoms with van der Waals surface area (Å²) in [5.41, 5.74) is 1.37. The third-order valence-electron chi connectivity index (χ3n) is 6.03. The van der Waals surface area contributed by atoms with Gasteiger partial charge in [0.2, 0.25) is 0 Å². The fraction of sp³-hybridized carbons (Fsp3) is 0.682. The zero-order chi connectivity index (χ0) is 18.3. The van der Waals surface area contributed by atoms with E-state index in [1.54, 1.807) is 6.26 Å². The van der Waals surface area contributed by atoms with Crippen molar-refractivity contribution >= 4 is 24.2 Å². The molecule has 1 unspecified atom stereocenters. The fourth-order valence-electron chi connectivity index (χ4n) is 4.65. The molecule has 140 valence electrons. The van der Waals surface area contributed by atoms with Crippen LogP contribution in [-0.2, 0) is 4.79 Å². The molecule has 0 spiro atoms. The number of ketones is 1. The van der Waals surface area contributed by atoms with E-state index in [1.807, 2.05) is 12.1 Å². The summed E-state index contributed by atoms with van der Waals surface area (Å²) in [4.78, 5) is 13.2. The van der Waals surface area contributed by atoms with Crippen LogP contribution in [0.5, 0.6) is 0 Å². The van der Waals surface area contributed by atoms with Gasteiger partial charge in [0.05, 0.1) is 0 Å². The quantitative estimate of drug-likeness (QED) is 0.338. The van der Waals surface area contributed by atoms with Crippen molar-refractivity contribution in [3.8, 4) is 0 Å². The van der Waals surface area contributed by atoms with Crippen molar-refractivity contribution in [3.05, 3.63) is 33.3 Å². The number of hydrogen-bond acceptors (Lipinski definition) is 2. The monoisotopic (exact) mass is 452 g/mol. The molecule has 0 aliphatic heterocycles. The van der Waals surface area contributed by atoms with Gasteiger partial charge in [-0.2, -0.15) is 0 Å². The molecule has 2 rings (SSSR count). The predicted molar refractivity (Wildman–Crippen MR) is 109 cm³/mol. The van der Waals surface area contributed by atoms with Crippen LogP contribution in [0.3, 0.4) is 0 Å². The molecule has 0 bridgehead atoms. The summed E-state index contributed by atoms with van der Waals surface area (Å²) >= 11 is -2.64. The van der Waals surface area contributed by atoms with E-state index >= 15 is 0 Å². The summed E-state index contributed by atoms with van der Waals surface area (Å²) in [6.45, 7) is 9.11. The number of carbonyl (C=O) groups excluding carboxylic acids is 1. The van der Waals surface area contributed by atoms with Crippen molar-refractivity contribution in [1.29, 1.82) is 0 Å². The summed E-state index contributed by atoms with van der Waals surface area (Å²) in [6, 6.07) is 4.00. The van der Waals surface area contributed by atoms with Crippen molar-refractivity contribution < 1.29 is 9.21 Å². The van der Waals surface area contributed by atoms with Crippen molar-refractivity contribution in [3.63, 3.8) is 0 Å². The first-order valence-electron chi connectivity index (χ1n) is 10.4. The first kappa shape index (κ1) is 20.8. The van der Waals surface area contributed by atoms with Crippen LogP contribution in [-0.4, -0.2) is 24.2 Å². The third-order valence-corrected chi connectivity index (χ3v) is 22.2. The summed E-state index contributed by atoms with van der Waals surface area (Å²) in [5.74, 6) is 1.67. The first-order chi connectivity index (χ1) is 12.1. The maximum atomic E-state index is 13.2. The van der Waals surface area contributed by atoms with Gasteiger partial charge in [-0.1, -0.05) is 0 Å². The molecule has 25 heavy (non-hydrogen) atoms. The predicted octanol–water partition coefficient (Wildman–Crippen LogP) is 7.04. The molecule has 0 aromatic carbocycles. The Morgan fingerprint density at radius 2 is 1.60 bits per heavy atom. The van der Waals surface area contributed by atoms with Crippen LogP contribution in [0, 0.1) is 0 Å². The summed E-state index contributed by atoms with van der Waals surface area (Å²) in [5, 5.41) is 0. The average molecular weight is 451 g/mol. The Kier molecular flexibility index (Phi) is 8.31. The van der Waals surface area contributed by atoms with E-state index < -0.39 is 18.4 Å². The van der Waals surface area contributed by atoms with Crippen LogP contribution in [0.1, 0.15) is 84.3 Å². The van der Waals surface area contributed by atoms with E-state index in [9.17, 15) is 4.79 Å². The molecule has 0 N–H and O–H groups in total. The molecule has 1 heterocycles. The summed E-state index contributed by atoms with van der Waals surface area (Å²) in [7, 11) is 0. The number of unbranched alkanes of at least 4 members (excludes halogenated alkanes) is 3. The van der Waals surface area contributed by atoms with Gasteiger partial charge in [0.1, 0.15) is 0 Å². The van der Waals surface area contributed by atoms with E-state index in [2.05, 4.69) is 27.7 Å². The van der Waals surface area contributed by atoms with Gasteiger partial charge >= 0.3 is 159 Å². The SMILES string of the molecule is CCC[CH2][Sn]([CH2]CCC)([CH2]CCC)[C]1=C(C)C(c2ccco2)CC1=O. The van der Waals surface area contributed by atoms with E-state index in [-0.39, 0.29) is 5.92 Å². The van der Waals surface area contributed by atoms with Gasteiger partial charge < -0.3 is 0 Å². The summed E-state index contributed by atoms with van der Waals surface area (Å²) in [6.07, 6.45) is 10.1. The summed E-state index contributed by atoms with van der Waals surface area (Å²) < 4.78 is 11.2. The average Bonchev–Trinajstić information content (AvgIpc) is 3.23. The number of hydrogen-bond donors (Lipinski definition) is 0. The number of Topliss-reactive ketones (excluding diaryl/α,β-unsaturated/α-hetero) is 1. The van der Waals surface area contributed by atoms with Gasteiger partial charge in [-0.3, -0.25) is 0 Å². The molecule has 2 nitrogen and oxygen atoms in total. The van der Waals surface area contributed by atoms with Crippen LogP contribution in [0.25, 0.3) is 0 Å². The van der Waals surface area contributed by atoms with Crippen LogP contribution >= 0.6 is 0 Å². The Morgan fingerprint density at radius 1 is 1.04 bits per heavy atom. The first-order valence-corrected chi connectivity index (χ1v) is 17.9. The molecule has 0 radical (unpaired) electrons. The molecule has 1 aromatic heterocycles. The zero-order valence-electron chi connectivity index (χ0n) is 16.7. The molecular formula is C22H36O2Sn. The second-order valence-corrected chi connectivity index (χ2v) is 20.9. The van der Waals surface area contributed by atoms with Crippen molar-refractivity contribution in [1.82, 2.24) is 0 Å². The molecular weight excluding hydrogens is 415 g/mol. The van der Waals surface area contributed by atoms with Gasteiger partial charge in [-0.15, -0.1) is 0 Å². The molecule has 1 atom stereocenters. The fourth-order valence-corrected chi connectivity index (χ4v) is 22.6. The van der Waals surface area contributed by atoms with Crippen LogP contribution in [0.2, 0.25) is 13.3 Å². The molecule has 3 heteroatoms. The normalized spacial score (nSPS) is 18.4. The van der Waals surface area contributed by atoms with Gasteiger partial charge in [-0.25, -0.2) is 0 Å². The van der Waals surface area contributed by atoms with E-state index in [0.717, 1.165) is 5.76 Å². The number of carbonyl (C=O) groups is 1. The molecule has 1 aliphatic carbocycles. The zero-order valence-corrected chi connectivity index (χ0v) is 19.6. The second kappa shape index (κ2) is 9.99. The van der Waals surface area contributed by atoms with Crippen molar-refractivity contribution in [2.75, 3.05) is 0 Å². The molecule has 0 amide bonds. The van der Waals surface area contributed by atoms with E-state index in [1.165, 1.54) is 61.0 Å². The number of furan rings is 1. The van der Waals surface area contributed by atoms with Crippen LogP contribution < -0.4 is 0 Å². The Morgan fingerprint density at radius 3 is 2.04 bits per heavy atom. The maximum absolute atomic E-state index is 13.2. The Hall–Kier alpha value is -0.511. The molecule has 0 fully saturated rings. The van der Waals surface area contributed by atoms with Gasteiger partial charge in [0.15, 0.2) is 0 Å². The van der Waals surface area contributed by atoms with Gasteiger partial charge in [0.25, 0.3) is 0 Å². The second-order valence-electron chi connectivity index (χ2n) is 7.84. The molecule has 0 saturated heterocycles. The van der Waals surface area contributed by atoms with Crippen LogP contribution in [0.4, 0.5) is 0 Å². The minimum absolute atomic E-state index is 0.207. The minimum atomic E-state index is -2.64. The van der Waals surface area contributed by atoms with E-state index in [0.29, 0.717) is 12.2 Å². The number of allylic oxidation sites excluding steroid dienone is 2. The Labute approximate surface area is 158 Å². The standard InChI is InChI=1S/C10H9O2.3C4H9.Sn/c1-7-5-8(11)6-9(7)10-3-2-4-12-10;3*1-3-4-2;/h2-4,9H,6H2,1H3;3*1,3-4H2,2H3;. The van der Waals surface area contributed by atoms with E-state index in [4.69, 9.17) is 4.42 Å². The molecule has 1 aromatic rings.